The Morgan fingerprint density at radius 1 is 1.00 bits per heavy atom. The summed E-state index contributed by atoms with van der Waals surface area (Å²) in [5.74, 6) is 0.724. The molecule has 0 fully saturated rings. The Morgan fingerprint density at radius 3 is 2.65 bits per heavy atom. The fraction of sp³-hybridized carbons (Fsp3) is 0.250. The number of halogens is 1. The molecule has 0 saturated heterocycles. The lowest BCUT2D eigenvalue weighted by Gasteiger charge is -2.10. The van der Waals surface area contributed by atoms with E-state index in [1.807, 2.05) is 30.3 Å². The number of thiophene rings is 1. The van der Waals surface area contributed by atoms with Gasteiger partial charge in [0.2, 0.25) is 0 Å². The van der Waals surface area contributed by atoms with Crippen molar-refractivity contribution >= 4 is 33.2 Å². The van der Waals surface area contributed by atoms with Crippen LogP contribution in [0.15, 0.2) is 30.3 Å². The van der Waals surface area contributed by atoms with E-state index < -0.39 is 0 Å². The first kappa shape index (κ1) is 12.3. The van der Waals surface area contributed by atoms with Crippen LogP contribution in [0.5, 0.6) is 0 Å². The minimum atomic E-state index is 0.605. The van der Waals surface area contributed by atoms with Crippen molar-refractivity contribution in [1.29, 1.82) is 0 Å². The SMILES string of the molecule is Clc1nc(-c2ccccc2)nc2sc3c(c12)CCCC3. The molecule has 0 saturated carbocycles. The van der Waals surface area contributed by atoms with Crippen LogP contribution in [0.2, 0.25) is 5.15 Å². The number of benzene rings is 1. The summed E-state index contributed by atoms with van der Waals surface area (Å²) in [4.78, 5) is 11.7. The van der Waals surface area contributed by atoms with Crippen molar-refractivity contribution in [2.75, 3.05) is 0 Å². The van der Waals surface area contributed by atoms with Crippen molar-refractivity contribution in [3.05, 3.63) is 45.9 Å². The molecule has 2 heterocycles. The second-order valence-corrected chi connectivity index (χ2v) is 6.54. The van der Waals surface area contributed by atoms with Gasteiger partial charge in [-0.15, -0.1) is 11.3 Å². The lowest BCUT2D eigenvalue weighted by molar-refractivity contribution is 0.700. The zero-order valence-corrected chi connectivity index (χ0v) is 12.5. The van der Waals surface area contributed by atoms with Crippen molar-refractivity contribution in [3.63, 3.8) is 0 Å². The fourth-order valence-electron chi connectivity index (χ4n) is 2.83. The van der Waals surface area contributed by atoms with Gasteiger partial charge in [-0.3, -0.25) is 0 Å². The monoisotopic (exact) mass is 300 g/mol. The van der Waals surface area contributed by atoms with Gasteiger partial charge in [-0.25, -0.2) is 9.97 Å². The van der Waals surface area contributed by atoms with E-state index in [1.54, 1.807) is 11.3 Å². The van der Waals surface area contributed by atoms with Crippen LogP contribution in [0.25, 0.3) is 21.6 Å². The Morgan fingerprint density at radius 2 is 1.80 bits per heavy atom. The Kier molecular flexibility index (Phi) is 2.97. The van der Waals surface area contributed by atoms with Crippen LogP contribution in [0.1, 0.15) is 23.3 Å². The molecule has 0 N–H and O–H groups in total. The standard InChI is InChI=1S/C16H13ClN2S/c17-14-13-11-8-4-5-9-12(11)20-16(13)19-15(18-14)10-6-2-1-3-7-10/h1-3,6-7H,4-5,8-9H2. The van der Waals surface area contributed by atoms with Gasteiger partial charge in [0, 0.05) is 10.4 Å². The number of fused-ring (bicyclic) bond motifs is 3. The largest absolute Gasteiger partial charge is 0.217 e. The first-order valence-corrected chi connectivity index (χ1v) is 8.05. The van der Waals surface area contributed by atoms with E-state index in [2.05, 4.69) is 4.98 Å². The van der Waals surface area contributed by atoms with E-state index in [9.17, 15) is 0 Å². The van der Waals surface area contributed by atoms with Crippen LogP contribution in [0.4, 0.5) is 0 Å². The first-order chi connectivity index (χ1) is 9.83. The number of hydrogen-bond donors (Lipinski definition) is 0. The molecule has 0 aliphatic heterocycles. The lowest BCUT2D eigenvalue weighted by Crippen LogP contribution is -1.98. The summed E-state index contributed by atoms with van der Waals surface area (Å²) < 4.78 is 0. The highest BCUT2D eigenvalue weighted by atomic mass is 35.5. The highest BCUT2D eigenvalue weighted by Crippen LogP contribution is 2.39. The quantitative estimate of drug-likeness (QED) is 0.598. The fourth-order valence-corrected chi connectivity index (χ4v) is 4.43. The number of rotatable bonds is 1. The number of aryl methyl sites for hydroxylation is 2. The van der Waals surface area contributed by atoms with E-state index in [1.165, 1.54) is 23.3 Å². The topological polar surface area (TPSA) is 25.8 Å². The summed E-state index contributed by atoms with van der Waals surface area (Å²) in [5, 5.41) is 1.69. The van der Waals surface area contributed by atoms with Gasteiger partial charge in [-0.1, -0.05) is 41.9 Å². The summed E-state index contributed by atoms with van der Waals surface area (Å²) >= 11 is 8.23. The molecule has 1 aromatic carbocycles. The molecule has 0 unspecified atom stereocenters. The normalized spacial score (nSPS) is 14.4. The lowest BCUT2D eigenvalue weighted by atomic mass is 9.97. The maximum Gasteiger partial charge on any atom is 0.162 e. The van der Waals surface area contributed by atoms with Gasteiger partial charge in [-0.05, 0) is 31.2 Å². The summed E-state index contributed by atoms with van der Waals surface area (Å²) in [6, 6.07) is 10.0. The van der Waals surface area contributed by atoms with E-state index >= 15 is 0 Å². The van der Waals surface area contributed by atoms with Gasteiger partial charge in [0.05, 0.1) is 5.39 Å². The molecule has 1 aliphatic carbocycles. The third-order valence-corrected chi connectivity index (χ3v) is 5.26. The van der Waals surface area contributed by atoms with Gasteiger partial charge in [0.25, 0.3) is 0 Å². The molecular weight excluding hydrogens is 288 g/mol. The molecule has 0 atom stereocenters. The second-order valence-electron chi connectivity index (χ2n) is 5.10. The molecule has 0 bridgehead atoms. The van der Waals surface area contributed by atoms with Crippen molar-refractivity contribution in [2.24, 2.45) is 0 Å². The number of nitrogens with zero attached hydrogens (tertiary/aromatic N) is 2. The average molecular weight is 301 g/mol. The summed E-state index contributed by atoms with van der Waals surface area (Å²) in [6.45, 7) is 0. The molecular formula is C16H13ClN2S. The molecule has 4 heteroatoms. The zero-order chi connectivity index (χ0) is 13.5. The van der Waals surface area contributed by atoms with Crippen molar-refractivity contribution < 1.29 is 0 Å². The molecule has 2 aromatic heterocycles. The van der Waals surface area contributed by atoms with E-state index in [0.717, 1.165) is 34.4 Å². The molecule has 2 nitrogen and oxygen atoms in total. The van der Waals surface area contributed by atoms with Crippen molar-refractivity contribution in [3.8, 4) is 11.4 Å². The van der Waals surface area contributed by atoms with Crippen LogP contribution in [0, 0.1) is 0 Å². The molecule has 100 valence electrons. The smallest absolute Gasteiger partial charge is 0.162 e. The van der Waals surface area contributed by atoms with Gasteiger partial charge in [-0.2, -0.15) is 0 Å². The van der Waals surface area contributed by atoms with Crippen LogP contribution >= 0.6 is 22.9 Å². The predicted molar refractivity (Wildman–Crippen MR) is 84.5 cm³/mol. The summed E-state index contributed by atoms with van der Waals surface area (Å²) in [5.41, 5.74) is 2.41. The predicted octanol–water partition coefficient (Wildman–Crippen LogP) is 4.89. The van der Waals surface area contributed by atoms with Crippen LogP contribution in [0.3, 0.4) is 0 Å². The maximum absolute atomic E-state index is 6.45. The van der Waals surface area contributed by atoms with E-state index in [4.69, 9.17) is 16.6 Å². The highest BCUT2D eigenvalue weighted by molar-refractivity contribution is 7.19. The van der Waals surface area contributed by atoms with Crippen LogP contribution in [-0.2, 0) is 12.8 Å². The van der Waals surface area contributed by atoms with Gasteiger partial charge in [0.1, 0.15) is 9.98 Å². The maximum atomic E-state index is 6.45. The van der Waals surface area contributed by atoms with Crippen LogP contribution < -0.4 is 0 Å². The average Bonchev–Trinajstić information content (AvgIpc) is 2.87. The Hall–Kier alpha value is -1.45. The third-order valence-electron chi connectivity index (χ3n) is 3.80. The minimum absolute atomic E-state index is 0.605. The Bertz CT molecular complexity index is 780. The molecule has 1 aliphatic rings. The molecule has 0 spiro atoms. The zero-order valence-electron chi connectivity index (χ0n) is 10.9. The molecule has 0 amide bonds. The van der Waals surface area contributed by atoms with Gasteiger partial charge < -0.3 is 0 Å². The van der Waals surface area contributed by atoms with Gasteiger partial charge in [0.15, 0.2) is 5.82 Å². The highest BCUT2D eigenvalue weighted by Gasteiger charge is 2.20. The third kappa shape index (κ3) is 1.93. The Balaban J connectivity index is 1.95. The summed E-state index contributed by atoms with van der Waals surface area (Å²) in [7, 11) is 0. The van der Waals surface area contributed by atoms with Crippen molar-refractivity contribution in [2.45, 2.75) is 25.7 Å². The van der Waals surface area contributed by atoms with Gasteiger partial charge >= 0.3 is 0 Å². The van der Waals surface area contributed by atoms with E-state index in [0.29, 0.717) is 5.15 Å². The first-order valence-electron chi connectivity index (χ1n) is 6.86. The summed E-state index contributed by atoms with van der Waals surface area (Å²) in [6.07, 6.45) is 4.79. The minimum Gasteiger partial charge on any atom is -0.217 e. The molecule has 4 rings (SSSR count). The number of aromatic nitrogens is 2. The van der Waals surface area contributed by atoms with E-state index in [-0.39, 0.29) is 0 Å². The van der Waals surface area contributed by atoms with Crippen LogP contribution in [-0.4, -0.2) is 9.97 Å². The molecule has 3 aromatic rings. The Labute approximate surface area is 126 Å². The second kappa shape index (κ2) is 4.83. The molecule has 0 radical (unpaired) electrons. The number of hydrogen-bond acceptors (Lipinski definition) is 3. The van der Waals surface area contributed by atoms with Crippen molar-refractivity contribution in [1.82, 2.24) is 9.97 Å². The molecule has 20 heavy (non-hydrogen) atoms.